The number of aromatic nitrogens is 1. The average Bonchev–Trinajstić information content (AvgIpc) is 2.33. The average molecular weight is 217 g/mol. The molecule has 1 heterocycles. The third kappa shape index (κ3) is 1.48. The van der Waals surface area contributed by atoms with E-state index in [0.29, 0.717) is 5.56 Å². The van der Waals surface area contributed by atoms with Crippen LogP contribution < -0.4 is 5.56 Å². The van der Waals surface area contributed by atoms with E-state index in [2.05, 4.69) is 4.74 Å². The second-order valence-corrected chi connectivity index (χ2v) is 3.46. The number of ether oxygens (including phenoxy) is 1. The fraction of sp³-hybridized carbons (Fsp3) is 0.167. The highest BCUT2D eigenvalue weighted by Crippen LogP contribution is 2.16. The van der Waals surface area contributed by atoms with Gasteiger partial charge in [0, 0.05) is 18.5 Å². The maximum atomic E-state index is 11.6. The zero-order valence-corrected chi connectivity index (χ0v) is 9.06. The van der Waals surface area contributed by atoms with Gasteiger partial charge in [0.15, 0.2) is 0 Å². The zero-order valence-electron chi connectivity index (χ0n) is 9.06. The van der Waals surface area contributed by atoms with Crippen molar-refractivity contribution in [3.63, 3.8) is 0 Å². The number of nitrogens with zero attached hydrogens (tertiary/aromatic N) is 1. The van der Waals surface area contributed by atoms with Crippen molar-refractivity contribution in [1.82, 2.24) is 4.57 Å². The Morgan fingerprint density at radius 1 is 1.31 bits per heavy atom. The number of hydrogen-bond acceptors (Lipinski definition) is 3. The maximum Gasteiger partial charge on any atom is 0.338 e. The van der Waals surface area contributed by atoms with Gasteiger partial charge in [-0.1, -0.05) is 18.2 Å². The molecule has 1 aromatic heterocycles. The van der Waals surface area contributed by atoms with Crippen molar-refractivity contribution < 1.29 is 9.53 Å². The number of fused-ring (bicyclic) bond motifs is 1. The van der Waals surface area contributed by atoms with Crippen LogP contribution in [-0.2, 0) is 11.8 Å². The Bertz CT molecular complexity index is 613. The molecule has 0 amide bonds. The molecule has 0 unspecified atom stereocenters. The molecule has 2 rings (SSSR count). The van der Waals surface area contributed by atoms with Gasteiger partial charge in [0.2, 0.25) is 0 Å². The Morgan fingerprint density at radius 2 is 2.00 bits per heavy atom. The highest BCUT2D eigenvalue weighted by Gasteiger charge is 2.12. The van der Waals surface area contributed by atoms with Gasteiger partial charge in [-0.25, -0.2) is 4.79 Å². The van der Waals surface area contributed by atoms with Crippen molar-refractivity contribution in [1.29, 1.82) is 0 Å². The topological polar surface area (TPSA) is 48.3 Å². The van der Waals surface area contributed by atoms with Gasteiger partial charge in [0.05, 0.1) is 18.2 Å². The second-order valence-electron chi connectivity index (χ2n) is 3.46. The van der Waals surface area contributed by atoms with E-state index in [4.69, 9.17) is 0 Å². The molecule has 0 bridgehead atoms. The van der Waals surface area contributed by atoms with Crippen LogP contribution in [-0.4, -0.2) is 17.6 Å². The second kappa shape index (κ2) is 3.81. The van der Waals surface area contributed by atoms with Crippen molar-refractivity contribution in [3.8, 4) is 0 Å². The van der Waals surface area contributed by atoms with Crippen LogP contribution >= 0.6 is 0 Å². The third-order valence-corrected chi connectivity index (χ3v) is 2.56. The van der Waals surface area contributed by atoms with Gasteiger partial charge < -0.3 is 9.30 Å². The molecule has 0 aliphatic carbocycles. The highest BCUT2D eigenvalue weighted by atomic mass is 16.5. The fourth-order valence-corrected chi connectivity index (χ4v) is 1.69. The van der Waals surface area contributed by atoms with Crippen LogP contribution in [0.5, 0.6) is 0 Å². The minimum atomic E-state index is -0.492. The molecule has 4 nitrogen and oxygen atoms in total. The molecule has 2 aromatic rings. The molecular weight excluding hydrogens is 206 g/mol. The smallest absolute Gasteiger partial charge is 0.338 e. The number of methoxy groups -OCH3 is 1. The molecule has 0 saturated carbocycles. The lowest BCUT2D eigenvalue weighted by Crippen LogP contribution is -2.19. The minimum absolute atomic E-state index is 0.223. The van der Waals surface area contributed by atoms with E-state index in [1.54, 1.807) is 19.2 Å². The molecule has 0 N–H and O–H groups in total. The quantitative estimate of drug-likeness (QED) is 0.677. The number of benzene rings is 1. The number of carbonyl (C=O) groups is 1. The summed E-state index contributed by atoms with van der Waals surface area (Å²) in [6.45, 7) is 0. The fourth-order valence-electron chi connectivity index (χ4n) is 1.69. The van der Waals surface area contributed by atoms with Crippen molar-refractivity contribution in [2.75, 3.05) is 7.11 Å². The maximum absolute atomic E-state index is 11.6. The first-order valence-corrected chi connectivity index (χ1v) is 4.82. The zero-order chi connectivity index (χ0) is 11.7. The lowest BCUT2D eigenvalue weighted by atomic mass is 10.1. The van der Waals surface area contributed by atoms with Crippen molar-refractivity contribution in [2.45, 2.75) is 0 Å². The van der Waals surface area contributed by atoms with Crippen molar-refractivity contribution in [2.24, 2.45) is 7.05 Å². The summed E-state index contributed by atoms with van der Waals surface area (Å²) >= 11 is 0. The van der Waals surface area contributed by atoms with E-state index in [1.807, 2.05) is 12.1 Å². The summed E-state index contributed by atoms with van der Waals surface area (Å²) in [7, 11) is 2.97. The summed E-state index contributed by atoms with van der Waals surface area (Å²) in [5.41, 5.74) is 0.802. The third-order valence-electron chi connectivity index (χ3n) is 2.56. The van der Waals surface area contributed by atoms with Crippen LogP contribution in [0.2, 0.25) is 0 Å². The number of aryl methyl sites for hydroxylation is 1. The Labute approximate surface area is 92.1 Å². The van der Waals surface area contributed by atoms with Gasteiger partial charge in [-0.3, -0.25) is 4.79 Å². The number of para-hydroxylation sites is 1. The van der Waals surface area contributed by atoms with Gasteiger partial charge >= 0.3 is 5.97 Å². The first-order valence-electron chi connectivity index (χ1n) is 4.82. The summed E-state index contributed by atoms with van der Waals surface area (Å²) in [6.07, 6.45) is 0. The van der Waals surface area contributed by atoms with Crippen LogP contribution in [0.15, 0.2) is 35.1 Å². The molecule has 1 aromatic carbocycles. The number of pyridine rings is 1. The molecule has 0 fully saturated rings. The lowest BCUT2D eigenvalue weighted by molar-refractivity contribution is 0.0602. The van der Waals surface area contributed by atoms with E-state index < -0.39 is 5.97 Å². The van der Waals surface area contributed by atoms with Crippen molar-refractivity contribution in [3.05, 3.63) is 46.2 Å². The molecule has 16 heavy (non-hydrogen) atoms. The molecular formula is C12H11NO3. The molecule has 4 heteroatoms. The van der Waals surface area contributed by atoms with Crippen LogP contribution in [0.25, 0.3) is 10.9 Å². The normalized spacial score (nSPS) is 10.4. The Hall–Kier alpha value is -2.10. The molecule has 0 spiro atoms. The van der Waals surface area contributed by atoms with Gasteiger partial charge in [-0.05, 0) is 6.07 Å². The molecule has 0 aliphatic heterocycles. The number of rotatable bonds is 1. The molecule has 82 valence electrons. The monoisotopic (exact) mass is 217 g/mol. The Kier molecular flexibility index (Phi) is 2.48. The summed E-state index contributed by atoms with van der Waals surface area (Å²) in [4.78, 5) is 23.1. The Balaban J connectivity index is 2.90. The summed E-state index contributed by atoms with van der Waals surface area (Å²) in [6, 6.07) is 8.53. The standard InChI is InChI=1S/C12H11NO3/c1-13-10-6-4-3-5-8(10)9(7-11(13)14)12(15)16-2/h3-7H,1-2H3. The van der Waals surface area contributed by atoms with E-state index >= 15 is 0 Å². The number of esters is 1. The number of hydrogen-bond donors (Lipinski definition) is 0. The summed E-state index contributed by atoms with van der Waals surface area (Å²) in [5.74, 6) is -0.492. The molecule has 0 saturated heterocycles. The van der Waals surface area contributed by atoms with Crippen LogP contribution in [0.3, 0.4) is 0 Å². The van der Waals surface area contributed by atoms with E-state index in [9.17, 15) is 9.59 Å². The van der Waals surface area contributed by atoms with E-state index in [-0.39, 0.29) is 5.56 Å². The number of carbonyl (C=O) groups excluding carboxylic acids is 1. The molecule has 0 radical (unpaired) electrons. The predicted molar refractivity (Wildman–Crippen MR) is 60.5 cm³/mol. The van der Waals surface area contributed by atoms with E-state index in [0.717, 1.165) is 10.9 Å². The minimum Gasteiger partial charge on any atom is -0.465 e. The van der Waals surface area contributed by atoms with Crippen LogP contribution in [0.1, 0.15) is 10.4 Å². The summed E-state index contributed by atoms with van der Waals surface area (Å²) < 4.78 is 6.15. The lowest BCUT2D eigenvalue weighted by Gasteiger charge is -2.08. The van der Waals surface area contributed by atoms with Crippen LogP contribution in [0, 0.1) is 0 Å². The van der Waals surface area contributed by atoms with Gasteiger partial charge in [0.1, 0.15) is 0 Å². The van der Waals surface area contributed by atoms with Gasteiger partial charge in [-0.15, -0.1) is 0 Å². The first-order chi connectivity index (χ1) is 7.65. The van der Waals surface area contributed by atoms with Crippen LogP contribution in [0.4, 0.5) is 0 Å². The largest absolute Gasteiger partial charge is 0.465 e. The molecule has 0 atom stereocenters. The highest BCUT2D eigenvalue weighted by molar-refractivity contribution is 6.03. The Morgan fingerprint density at radius 3 is 2.69 bits per heavy atom. The van der Waals surface area contributed by atoms with Gasteiger partial charge in [0.25, 0.3) is 5.56 Å². The van der Waals surface area contributed by atoms with Gasteiger partial charge in [-0.2, -0.15) is 0 Å². The van der Waals surface area contributed by atoms with E-state index in [1.165, 1.54) is 17.7 Å². The predicted octanol–water partition coefficient (Wildman–Crippen LogP) is 1.33. The molecule has 0 aliphatic rings. The van der Waals surface area contributed by atoms with Crippen molar-refractivity contribution >= 4 is 16.9 Å². The summed E-state index contributed by atoms with van der Waals surface area (Å²) in [5, 5.41) is 0.719. The first kappa shape index (κ1) is 10.4. The SMILES string of the molecule is COC(=O)c1cc(=O)n(C)c2ccccc12.